The van der Waals surface area contributed by atoms with Crippen molar-refractivity contribution in [2.45, 2.75) is 123 Å². The molecule has 1 unspecified atom stereocenters. The number of benzene rings is 1. The largest absolute Gasteiger partial charge is 0.507 e. The molecule has 0 saturated carbocycles. The summed E-state index contributed by atoms with van der Waals surface area (Å²) in [6.45, 7) is 6.72. The van der Waals surface area contributed by atoms with E-state index in [2.05, 4.69) is 39.0 Å². The summed E-state index contributed by atoms with van der Waals surface area (Å²) in [5, 5.41) is 10.5. The fraction of sp³-hybridized carbons (Fsp3) is 0.760. The van der Waals surface area contributed by atoms with Crippen LogP contribution in [0.15, 0.2) is 18.2 Å². The Labute approximate surface area is 163 Å². The maximum absolute atomic E-state index is 10.5. The summed E-state index contributed by atoms with van der Waals surface area (Å²) < 4.78 is 0. The molecule has 1 heteroatoms. The van der Waals surface area contributed by atoms with Crippen molar-refractivity contribution in [3.8, 4) is 5.75 Å². The Balaban J connectivity index is 2.07. The number of hydrogen-bond donors (Lipinski definition) is 1. The minimum atomic E-state index is 0.468. The predicted octanol–water partition coefficient (Wildman–Crippen LogP) is 8.54. The minimum absolute atomic E-state index is 0.468. The fourth-order valence-corrected chi connectivity index (χ4v) is 3.93. The molecule has 1 nitrogen and oxygen atoms in total. The third kappa shape index (κ3) is 9.64. The zero-order chi connectivity index (χ0) is 19.0. The molecular weight excluding hydrogens is 316 g/mol. The Hall–Kier alpha value is -0.980. The van der Waals surface area contributed by atoms with Crippen LogP contribution in [0.3, 0.4) is 0 Å². The molecule has 0 radical (unpaired) electrons. The van der Waals surface area contributed by atoms with E-state index in [1.54, 1.807) is 0 Å². The molecule has 1 aromatic rings. The van der Waals surface area contributed by atoms with E-state index < -0.39 is 0 Å². The standard InChI is InChI=1S/C25H44O/c1-4-6-7-8-9-10-11-12-13-14-15-16-19-22(3)24-21-17-20-23(18-5-2)25(24)26/h17,20-22,26H,4-16,18-19H2,1-3H3. The molecule has 0 aliphatic carbocycles. The summed E-state index contributed by atoms with van der Waals surface area (Å²) >= 11 is 0. The number of unbranched alkanes of at least 4 members (excludes halogenated alkanes) is 11. The van der Waals surface area contributed by atoms with Gasteiger partial charge in [-0.05, 0) is 29.9 Å². The molecule has 0 amide bonds. The lowest BCUT2D eigenvalue weighted by atomic mass is 9.91. The molecule has 1 aromatic carbocycles. The molecule has 1 atom stereocenters. The second kappa shape index (κ2) is 15.1. The minimum Gasteiger partial charge on any atom is -0.507 e. The summed E-state index contributed by atoms with van der Waals surface area (Å²) in [4.78, 5) is 0. The van der Waals surface area contributed by atoms with Crippen molar-refractivity contribution in [1.29, 1.82) is 0 Å². The highest BCUT2D eigenvalue weighted by Gasteiger charge is 2.12. The van der Waals surface area contributed by atoms with Crippen LogP contribution in [0.1, 0.15) is 128 Å². The van der Waals surface area contributed by atoms with E-state index in [0.29, 0.717) is 11.7 Å². The van der Waals surface area contributed by atoms with Gasteiger partial charge in [-0.2, -0.15) is 0 Å². The van der Waals surface area contributed by atoms with Crippen LogP contribution in [0.25, 0.3) is 0 Å². The summed E-state index contributed by atoms with van der Waals surface area (Å²) in [7, 11) is 0. The molecule has 1 N–H and O–H groups in total. The predicted molar refractivity (Wildman–Crippen MR) is 116 cm³/mol. The van der Waals surface area contributed by atoms with E-state index in [4.69, 9.17) is 0 Å². The van der Waals surface area contributed by atoms with Gasteiger partial charge in [0.1, 0.15) is 5.75 Å². The zero-order valence-corrected chi connectivity index (χ0v) is 17.9. The average Bonchev–Trinajstić information content (AvgIpc) is 2.64. The molecule has 0 bridgehead atoms. The Morgan fingerprint density at radius 2 is 1.27 bits per heavy atom. The monoisotopic (exact) mass is 360 g/mol. The van der Waals surface area contributed by atoms with Gasteiger partial charge in [0.25, 0.3) is 0 Å². The lowest BCUT2D eigenvalue weighted by Gasteiger charge is -2.16. The van der Waals surface area contributed by atoms with Gasteiger partial charge in [0.2, 0.25) is 0 Å². The molecular formula is C25H44O. The van der Waals surface area contributed by atoms with Crippen LogP contribution in [0.5, 0.6) is 5.75 Å². The van der Waals surface area contributed by atoms with Crippen LogP contribution >= 0.6 is 0 Å². The number of para-hydroxylation sites is 1. The molecule has 0 heterocycles. The summed E-state index contributed by atoms with van der Waals surface area (Å²) in [6, 6.07) is 6.29. The Bertz CT molecular complexity index is 451. The molecule has 26 heavy (non-hydrogen) atoms. The SMILES string of the molecule is CCCCCCCCCCCCCCC(C)c1cccc(CCC)c1O. The van der Waals surface area contributed by atoms with Gasteiger partial charge in [-0.15, -0.1) is 0 Å². The highest BCUT2D eigenvalue weighted by Crippen LogP contribution is 2.32. The first-order valence-corrected chi connectivity index (χ1v) is 11.5. The molecule has 150 valence electrons. The van der Waals surface area contributed by atoms with E-state index >= 15 is 0 Å². The van der Waals surface area contributed by atoms with Crippen LogP contribution in [-0.4, -0.2) is 5.11 Å². The van der Waals surface area contributed by atoms with Crippen LogP contribution in [-0.2, 0) is 6.42 Å². The molecule has 0 fully saturated rings. The summed E-state index contributed by atoms with van der Waals surface area (Å²) in [6.07, 6.45) is 20.0. The highest BCUT2D eigenvalue weighted by molar-refractivity contribution is 5.42. The molecule has 0 aliphatic rings. The quantitative estimate of drug-likeness (QED) is 0.293. The average molecular weight is 361 g/mol. The van der Waals surface area contributed by atoms with Crippen molar-refractivity contribution in [3.63, 3.8) is 0 Å². The summed E-state index contributed by atoms with van der Waals surface area (Å²) in [5.41, 5.74) is 2.27. The first kappa shape index (κ1) is 23.1. The fourth-order valence-electron chi connectivity index (χ4n) is 3.93. The third-order valence-corrected chi connectivity index (χ3v) is 5.69. The maximum atomic E-state index is 10.5. The smallest absolute Gasteiger partial charge is 0.122 e. The Morgan fingerprint density at radius 3 is 1.81 bits per heavy atom. The summed E-state index contributed by atoms with van der Waals surface area (Å²) in [5.74, 6) is 1.02. The van der Waals surface area contributed by atoms with Gasteiger partial charge in [0, 0.05) is 0 Å². The number of rotatable bonds is 16. The van der Waals surface area contributed by atoms with Gasteiger partial charge < -0.3 is 5.11 Å². The van der Waals surface area contributed by atoms with Gasteiger partial charge in [0.15, 0.2) is 0 Å². The van der Waals surface area contributed by atoms with Crippen molar-refractivity contribution in [1.82, 2.24) is 0 Å². The third-order valence-electron chi connectivity index (χ3n) is 5.69. The van der Waals surface area contributed by atoms with Crippen molar-refractivity contribution < 1.29 is 5.11 Å². The number of phenols is 1. The highest BCUT2D eigenvalue weighted by atomic mass is 16.3. The molecule has 0 aromatic heterocycles. The van der Waals surface area contributed by atoms with E-state index in [-0.39, 0.29) is 0 Å². The second-order valence-corrected chi connectivity index (χ2v) is 8.18. The van der Waals surface area contributed by atoms with Crippen molar-refractivity contribution in [2.24, 2.45) is 0 Å². The van der Waals surface area contributed by atoms with Crippen molar-refractivity contribution >= 4 is 0 Å². The van der Waals surface area contributed by atoms with Gasteiger partial charge in [-0.3, -0.25) is 0 Å². The molecule has 0 spiro atoms. The van der Waals surface area contributed by atoms with Crippen LogP contribution in [0, 0.1) is 0 Å². The van der Waals surface area contributed by atoms with Gasteiger partial charge >= 0.3 is 0 Å². The lowest BCUT2D eigenvalue weighted by molar-refractivity contribution is 0.450. The van der Waals surface area contributed by atoms with Gasteiger partial charge in [-0.25, -0.2) is 0 Å². The number of aromatic hydroxyl groups is 1. The van der Waals surface area contributed by atoms with Crippen LogP contribution < -0.4 is 0 Å². The second-order valence-electron chi connectivity index (χ2n) is 8.18. The number of aryl methyl sites for hydroxylation is 1. The van der Waals surface area contributed by atoms with Crippen LogP contribution in [0.2, 0.25) is 0 Å². The molecule has 0 aliphatic heterocycles. The van der Waals surface area contributed by atoms with Crippen molar-refractivity contribution in [2.75, 3.05) is 0 Å². The van der Waals surface area contributed by atoms with Gasteiger partial charge in [-0.1, -0.05) is 122 Å². The first-order valence-electron chi connectivity index (χ1n) is 11.5. The number of phenolic OH excluding ortho intramolecular Hbond substituents is 1. The molecule has 1 rings (SSSR count). The maximum Gasteiger partial charge on any atom is 0.122 e. The zero-order valence-electron chi connectivity index (χ0n) is 17.9. The normalized spacial score (nSPS) is 12.4. The molecule has 0 saturated heterocycles. The van der Waals surface area contributed by atoms with Crippen LogP contribution in [0.4, 0.5) is 0 Å². The van der Waals surface area contributed by atoms with E-state index in [1.165, 1.54) is 83.5 Å². The van der Waals surface area contributed by atoms with Gasteiger partial charge in [0.05, 0.1) is 0 Å². The first-order chi connectivity index (χ1) is 12.7. The van der Waals surface area contributed by atoms with Crippen molar-refractivity contribution in [3.05, 3.63) is 29.3 Å². The topological polar surface area (TPSA) is 20.2 Å². The Morgan fingerprint density at radius 1 is 0.731 bits per heavy atom. The van der Waals surface area contributed by atoms with E-state index in [0.717, 1.165) is 24.0 Å². The van der Waals surface area contributed by atoms with E-state index in [1.807, 2.05) is 0 Å². The lowest BCUT2D eigenvalue weighted by Crippen LogP contribution is -1.97. The van der Waals surface area contributed by atoms with E-state index in [9.17, 15) is 5.11 Å². The number of hydrogen-bond acceptors (Lipinski definition) is 1. The Kier molecular flexibility index (Phi) is 13.4.